The molecule has 126 valence electrons. The van der Waals surface area contributed by atoms with Crippen LogP contribution >= 0.6 is 0 Å². The third-order valence-corrected chi connectivity index (χ3v) is 4.89. The number of likely N-dealkylation sites (tertiary alicyclic amines) is 1. The summed E-state index contributed by atoms with van der Waals surface area (Å²) < 4.78 is 0. The lowest BCUT2D eigenvalue weighted by Gasteiger charge is -2.40. The predicted octanol–water partition coefficient (Wildman–Crippen LogP) is 4.35. The molecule has 23 heavy (non-hydrogen) atoms. The number of rotatable bonds is 7. The number of imide groups is 1. The molecule has 0 spiro atoms. The molecule has 0 aromatic heterocycles. The summed E-state index contributed by atoms with van der Waals surface area (Å²) in [5.41, 5.74) is 1.02. The molecule has 0 saturated carbocycles. The molecule has 1 saturated heterocycles. The molecule has 0 N–H and O–H groups in total. The standard InChI is InChI=1S/C20H29NO2/c1-4-5-9-12-20(3)14-18(22)21(19(23)15-20)16(2)13-17-10-7-6-8-11-17/h6-8,10-11,16H,4-5,9,12-15H2,1-3H3/t16-/m0/s1. The van der Waals surface area contributed by atoms with Gasteiger partial charge < -0.3 is 0 Å². The van der Waals surface area contributed by atoms with Crippen LogP contribution in [0, 0.1) is 5.41 Å². The monoisotopic (exact) mass is 315 g/mol. The van der Waals surface area contributed by atoms with E-state index in [9.17, 15) is 9.59 Å². The first-order valence-corrected chi connectivity index (χ1v) is 8.84. The van der Waals surface area contributed by atoms with Gasteiger partial charge in [0.1, 0.15) is 0 Å². The zero-order valence-electron chi connectivity index (χ0n) is 14.7. The van der Waals surface area contributed by atoms with Crippen molar-refractivity contribution in [3.8, 4) is 0 Å². The Bertz CT molecular complexity index is 520. The van der Waals surface area contributed by atoms with E-state index in [1.807, 2.05) is 37.3 Å². The maximum atomic E-state index is 12.6. The summed E-state index contributed by atoms with van der Waals surface area (Å²) in [6.45, 7) is 6.24. The van der Waals surface area contributed by atoms with Crippen LogP contribution in [-0.2, 0) is 16.0 Å². The van der Waals surface area contributed by atoms with E-state index in [2.05, 4.69) is 13.8 Å². The van der Waals surface area contributed by atoms with Crippen molar-refractivity contribution in [1.82, 2.24) is 4.90 Å². The normalized spacial score (nSPS) is 19.0. The van der Waals surface area contributed by atoms with Gasteiger partial charge in [0.15, 0.2) is 0 Å². The van der Waals surface area contributed by atoms with E-state index in [-0.39, 0.29) is 23.3 Å². The molecule has 0 unspecified atom stereocenters. The molecule has 1 aromatic carbocycles. The quantitative estimate of drug-likeness (QED) is 0.554. The van der Waals surface area contributed by atoms with Crippen molar-refractivity contribution in [3.05, 3.63) is 35.9 Å². The van der Waals surface area contributed by atoms with Gasteiger partial charge in [-0.15, -0.1) is 0 Å². The summed E-state index contributed by atoms with van der Waals surface area (Å²) in [6.07, 6.45) is 6.14. The number of carbonyl (C=O) groups excluding carboxylic acids is 2. The first kappa shape index (κ1) is 17.7. The third-order valence-electron chi connectivity index (χ3n) is 4.89. The molecular formula is C20H29NO2. The van der Waals surface area contributed by atoms with Gasteiger partial charge in [-0.05, 0) is 30.7 Å². The second-order valence-electron chi connectivity index (χ2n) is 7.32. The Labute approximate surface area is 140 Å². The lowest BCUT2D eigenvalue weighted by atomic mass is 9.75. The topological polar surface area (TPSA) is 37.4 Å². The average Bonchev–Trinajstić information content (AvgIpc) is 2.47. The van der Waals surface area contributed by atoms with Crippen molar-refractivity contribution < 1.29 is 9.59 Å². The first-order valence-electron chi connectivity index (χ1n) is 8.84. The highest BCUT2D eigenvalue weighted by atomic mass is 16.2. The van der Waals surface area contributed by atoms with Gasteiger partial charge in [-0.3, -0.25) is 14.5 Å². The summed E-state index contributed by atoms with van der Waals surface area (Å²) in [7, 11) is 0. The molecule has 0 aliphatic carbocycles. The van der Waals surface area contributed by atoms with Gasteiger partial charge in [0, 0.05) is 18.9 Å². The first-order chi connectivity index (χ1) is 10.9. The molecule has 1 aliphatic heterocycles. The molecule has 1 heterocycles. The van der Waals surface area contributed by atoms with Crippen LogP contribution in [0.4, 0.5) is 0 Å². The largest absolute Gasteiger partial charge is 0.279 e. The molecule has 1 atom stereocenters. The highest BCUT2D eigenvalue weighted by Crippen LogP contribution is 2.38. The van der Waals surface area contributed by atoms with Crippen molar-refractivity contribution in [2.24, 2.45) is 5.41 Å². The smallest absolute Gasteiger partial charge is 0.229 e. The van der Waals surface area contributed by atoms with Crippen LogP contribution < -0.4 is 0 Å². The molecule has 1 aromatic rings. The van der Waals surface area contributed by atoms with Gasteiger partial charge in [-0.1, -0.05) is 63.4 Å². The van der Waals surface area contributed by atoms with Crippen LogP contribution in [0.15, 0.2) is 30.3 Å². The van der Waals surface area contributed by atoms with E-state index in [1.54, 1.807) is 0 Å². The number of carbonyl (C=O) groups is 2. The summed E-state index contributed by atoms with van der Waals surface area (Å²) in [6, 6.07) is 9.98. The van der Waals surface area contributed by atoms with Crippen molar-refractivity contribution >= 4 is 11.8 Å². The van der Waals surface area contributed by atoms with Gasteiger partial charge in [0.2, 0.25) is 11.8 Å². The van der Waals surface area contributed by atoms with Crippen LogP contribution in [0.5, 0.6) is 0 Å². The number of amides is 2. The molecule has 2 amide bonds. The molecule has 3 nitrogen and oxygen atoms in total. The Morgan fingerprint density at radius 1 is 1.09 bits per heavy atom. The Hall–Kier alpha value is -1.64. The van der Waals surface area contributed by atoms with Crippen molar-refractivity contribution in [1.29, 1.82) is 0 Å². The predicted molar refractivity (Wildman–Crippen MR) is 92.9 cm³/mol. The Kier molecular flexibility index (Phi) is 5.97. The maximum Gasteiger partial charge on any atom is 0.229 e. The molecule has 1 aliphatic rings. The summed E-state index contributed by atoms with van der Waals surface area (Å²) in [5, 5.41) is 0. The minimum absolute atomic E-state index is 0.00341. The zero-order chi connectivity index (χ0) is 16.9. The second-order valence-corrected chi connectivity index (χ2v) is 7.32. The summed E-state index contributed by atoms with van der Waals surface area (Å²) in [5.74, 6) is 0.00681. The highest BCUT2D eigenvalue weighted by Gasteiger charge is 2.41. The fourth-order valence-corrected chi connectivity index (χ4v) is 3.62. The number of unbranched alkanes of at least 4 members (excludes halogenated alkanes) is 2. The van der Waals surface area contributed by atoms with Gasteiger partial charge in [0.05, 0.1) is 0 Å². The van der Waals surface area contributed by atoms with Gasteiger partial charge >= 0.3 is 0 Å². The van der Waals surface area contributed by atoms with E-state index < -0.39 is 0 Å². The van der Waals surface area contributed by atoms with Crippen molar-refractivity contribution in [2.45, 2.75) is 71.8 Å². The lowest BCUT2D eigenvalue weighted by molar-refractivity contribution is -0.155. The molecular weight excluding hydrogens is 286 g/mol. The maximum absolute atomic E-state index is 12.6. The van der Waals surface area contributed by atoms with Gasteiger partial charge in [-0.2, -0.15) is 0 Å². The minimum atomic E-state index is -0.147. The zero-order valence-corrected chi connectivity index (χ0v) is 14.7. The molecule has 1 fully saturated rings. The van der Waals surface area contributed by atoms with Crippen molar-refractivity contribution in [2.75, 3.05) is 0 Å². The molecule has 0 bridgehead atoms. The Morgan fingerprint density at radius 3 is 2.26 bits per heavy atom. The minimum Gasteiger partial charge on any atom is -0.279 e. The summed E-state index contributed by atoms with van der Waals surface area (Å²) in [4.78, 5) is 26.7. The number of nitrogens with zero attached hydrogens (tertiary/aromatic N) is 1. The van der Waals surface area contributed by atoms with Crippen LogP contribution in [0.25, 0.3) is 0 Å². The van der Waals surface area contributed by atoms with Crippen LogP contribution in [0.2, 0.25) is 0 Å². The Morgan fingerprint density at radius 2 is 1.70 bits per heavy atom. The van der Waals surface area contributed by atoms with E-state index in [0.717, 1.165) is 31.2 Å². The fraction of sp³-hybridized carbons (Fsp3) is 0.600. The van der Waals surface area contributed by atoms with Gasteiger partial charge in [-0.25, -0.2) is 0 Å². The third kappa shape index (κ3) is 4.66. The lowest BCUT2D eigenvalue weighted by Crippen LogP contribution is -2.51. The second kappa shape index (κ2) is 7.76. The SMILES string of the molecule is CCCCCC1(C)CC(=O)N([C@@H](C)Cc2ccccc2)C(=O)C1. The molecule has 2 rings (SSSR count). The van der Waals surface area contributed by atoms with Crippen LogP contribution in [-0.4, -0.2) is 22.8 Å². The Balaban J connectivity index is 1.99. The number of benzene rings is 1. The number of hydrogen-bond acceptors (Lipinski definition) is 2. The molecule has 0 radical (unpaired) electrons. The number of piperidine rings is 1. The van der Waals surface area contributed by atoms with E-state index in [0.29, 0.717) is 12.8 Å². The van der Waals surface area contributed by atoms with E-state index in [4.69, 9.17) is 0 Å². The number of hydrogen-bond donors (Lipinski definition) is 0. The fourth-order valence-electron chi connectivity index (χ4n) is 3.62. The average molecular weight is 315 g/mol. The van der Waals surface area contributed by atoms with Crippen molar-refractivity contribution in [3.63, 3.8) is 0 Å². The van der Waals surface area contributed by atoms with E-state index in [1.165, 1.54) is 11.3 Å². The van der Waals surface area contributed by atoms with Crippen LogP contribution in [0.3, 0.4) is 0 Å². The highest BCUT2D eigenvalue weighted by molar-refractivity contribution is 5.98. The van der Waals surface area contributed by atoms with E-state index >= 15 is 0 Å². The van der Waals surface area contributed by atoms with Gasteiger partial charge in [0.25, 0.3) is 0 Å². The van der Waals surface area contributed by atoms with Crippen LogP contribution in [0.1, 0.15) is 64.9 Å². The summed E-state index contributed by atoms with van der Waals surface area (Å²) >= 11 is 0. The molecule has 3 heteroatoms.